The Kier molecular flexibility index (Phi) is 3.80. The van der Waals surface area contributed by atoms with E-state index in [0.29, 0.717) is 23.4 Å². The Morgan fingerprint density at radius 3 is 2.05 bits per heavy atom. The van der Waals surface area contributed by atoms with Crippen LogP contribution >= 0.6 is 11.8 Å². The third kappa shape index (κ3) is 2.72. The predicted molar refractivity (Wildman–Crippen MR) is 83.7 cm³/mol. The highest BCUT2D eigenvalue weighted by molar-refractivity contribution is 7.99. The number of thioether (sulfide) groups is 1. The Hall–Kier alpha value is -2.07. The first-order chi connectivity index (χ1) is 10.2. The number of rotatable bonds is 4. The van der Waals surface area contributed by atoms with Crippen molar-refractivity contribution in [3.05, 3.63) is 65.2 Å². The van der Waals surface area contributed by atoms with Gasteiger partial charge in [0.1, 0.15) is 0 Å². The van der Waals surface area contributed by atoms with Crippen molar-refractivity contribution in [2.45, 2.75) is 11.8 Å². The van der Waals surface area contributed by atoms with E-state index in [9.17, 15) is 9.59 Å². The van der Waals surface area contributed by atoms with Crippen LogP contribution < -0.4 is 0 Å². The number of hydrogen-bond acceptors (Lipinski definition) is 3. The van der Waals surface area contributed by atoms with Gasteiger partial charge in [-0.2, -0.15) is 0 Å². The van der Waals surface area contributed by atoms with Crippen molar-refractivity contribution in [3.8, 4) is 0 Å². The molecule has 0 saturated heterocycles. The van der Waals surface area contributed by atoms with Crippen molar-refractivity contribution >= 4 is 23.6 Å². The number of benzene rings is 2. The van der Waals surface area contributed by atoms with Gasteiger partial charge in [-0.3, -0.25) is 14.5 Å². The minimum absolute atomic E-state index is 0.180. The third-order valence-electron chi connectivity index (χ3n) is 3.48. The minimum atomic E-state index is -0.180. The van der Waals surface area contributed by atoms with E-state index in [0.717, 1.165) is 4.90 Å². The summed E-state index contributed by atoms with van der Waals surface area (Å²) in [6.07, 6.45) is 0. The largest absolute Gasteiger partial charge is 0.273 e. The molecule has 2 amide bonds. The van der Waals surface area contributed by atoms with Crippen LogP contribution in [-0.2, 0) is 0 Å². The molecule has 2 aromatic carbocycles. The van der Waals surface area contributed by atoms with Crippen molar-refractivity contribution < 1.29 is 9.59 Å². The van der Waals surface area contributed by atoms with Crippen LogP contribution in [0.5, 0.6) is 0 Å². The van der Waals surface area contributed by atoms with Crippen LogP contribution in [0.15, 0.2) is 53.4 Å². The second-order valence-electron chi connectivity index (χ2n) is 4.97. The van der Waals surface area contributed by atoms with Crippen molar-refractivity contribution in [2.75, 3.05) is 12.3 Å². The van der Waals surface area contributed by atoms with Gasteiger partial charge in [-0.15, -0.1) is 11.8 Å². The molecule has 4 heteroatoms. The maximum Gasteiger partial charge on any atom is 0.261 e. The summed E-state index contributed by atoms with van der Waals surface area (Å²) >= 11 is 1.65. The first-order valence-corrected chi connectivity index (χ1v) is 7.80. The van der Waals surface area contributed by atoms with Crippen LogP contribution in [0, 0.1) is 6.92 Å². The molecule has 1 heterocycles. The van der Waals surface area contributed by atoms with E-state index in [2.05, 4.69) is 24.3 Å². The molecule has 0 aromatic heterocycles. The second-order valence-corrected chi connectivity index (χ2v) is 6.14. The summed E-state index contributed by atoms with van der Waals surface area (Å²) in [5.74, 6) is 0.342. The first-order valence-electron chi connectivity index (χ1n) is 6.81. The van der Waals surface area contributed by atoms with Crippen LogP contribution in [0.4, 0.5) is 0 Å². The zero-order valence-corrected chi connectivity index (χ0v) is 12.5. The molecule has 0 fully saturated rings. The van der Waals surface area contributed by atoms with Gasteiger partial charge in [0.15, 0.2) is 0 Å². The fraction of sp³-hybridized carbons (Fsp3) is 0.176. The number of nitrogens with zero attached hydrogens (tertiary/aromatic N) is 1. The Labute approximate surface area is 128 Å². The molecular weight excluding hydrogens is 282 g/mol. The van der Waals surface area contributed by atoms with Gasteiger partial charge in [0, 0.05) is 17.2 Å². The number of carbonyl (C=O) groups is 2. The molecule has 0 bridgehead atoms. The Morgan fingerprint density at radius 1 is 0.905 bits per heavy atom. The summed E-state index contributed by atoms with van der Waals surface area (Å²) in [6.45, 7) is 2.48. The van der Waals surface area contributed by atoms with Gasteiger partial charge in [-0.05, 0) is 31.2 Å². The zero-order chi connectivity index (χ0) is 14.8. The van der Waals surface area contributed by atoms with E-state index in [1.165, 1.54) is 10.5 Å². The van der Waals surface area contributed by atoms with Crippen molar-refractivity contribution in [1.82, 2.24) is 4.90 Å². The average Bonchev–Trinajstić information content (AvgIpc) is 2.75. The van der Waals surface area contributed by atoms with Gasteiger partial charge in [-0.25, -0.2) is 0 Å². The number of imide groups is 1. The SMILES string of the molecule is Cc1ccc(SCCN2C(=O)c3ccccc3C2=O)cc1. The summed E-state index contributed by atoms with van der Waals surface area (Å²) in [5.41, 5.74) is 2.25. The fourth-order valence-corrected chi connectivity index (χ4v) is 3.17. The summed E-state index contributed by atoms with van der Waals surface area (Å²) < 4.78 is 0. The monoisotopic (exact) mass is 297 g/mol. The lowest BCUT2D eigenvalue weighted by atomic mass is 10.1. The van der Waals surface area contributed by atoms with E-state index in [1.54, 1.807) is 36.0 Å². The highest BCUT2D eigenvalue weighted by atomic mass is 32.2. The number of aryl methyl sites for hydroxylation is 1. The van der Waals surface area contributed by atoms with Crippen molar-refractivity contribution in [2.24, 2.45) is 0 Å². The van der Waals surface area contributed by atoms with Crippen LogP contribution in [-0.4, -0.2) is 29.0 Å². The lowest BCUT2D eigenvalue weighted by Crippen LogP contribution is -2.31. The molecule has 0 N–H and O–H groups in total. The third-order valence-corrected chi connectivity index (χ3v) is 4.47. The molecule has 3 rings (SSSR count). The van der Waals surface area contributed by atoms with Crippen LogP contribution in [0.25, 0.3) is 0 Å². The molecule has 106 valence electrons. The van der Waals surface area contributed by atoms with Crippen LogP contribution in [0.2, 0.25) is 0 Å². The van der Waals surface area contributed by atoms with Gasteiger partial charge in [0.2, 0.25) is 0 Å². The summed E-state index contributed by atoms with van der Waals surface area (Å²) in [7, 11) is 0. The second kappa shape index (κ2) is 5.74. The first kappa shape index (κ1) is 13.9. The lowest BCUT2D eigenvalue weighted by molar-refractivity contribution is 0.0664. The number of carbonyl (C=O) groups excluding carboxylic acids is 2. The molecule has 21 heavy (non-hydrogen) atoms. The van der Waals surface area contributed by atoms with Crippen LogP contribution in [0.1, 0.15) is 26.3 Å². The molecule has 1 aliphatic rings. The molecular formula is C17H15NO2S. The van der Waals surface area contributed by atoms with Gasteiger partial charge in [0.25, 0.3) is 11.8 Å². The molecule has 0 saturated carbocycles. The van der Waals surface area contributed by atoms with E-state index < -0.39 is 0 Å². The van der Waals surface area contributed by atoms with Gasteiger partial charge >= 0.3 is 0 Å². The molecule has 1 aliphatic heterocycles. The molecule has 0 radical (unpaired) electrons. The molecule has 0 spiro atoms. The fourth-order valence-electron chi connectivity index (χ4n) is 2.33. The maximum absolute atomic E-state index is 12.2. The van der Waals surface area contributed by atoms with Gasteiger partial charge in [0.05, 0.1) is 11.1 Å². The van der Waals surface area contributed by atoms with Crippen molar-refractivity contribution in [3.63, 3.8) is 0 Å². The van der Waals surface area contributed by atoms with E-state index in [-0.39, 0.29) is 11.8 Å². The number of hydrogen-bond donors (Lipinski definition) is 0. The van der Waals surface area contributed by atoms with Gasteiger partial charge in [-0.1, -0.05) is 29.8 Å². The van der Waals surface area contributed by atoms with Gasteiger partial charge < -0.3 is 0 Å². The molecule has 0 aliphatic carbocycles. The van der Waals surface area contributed by atoms with Crippen LogP contribution in [0.3, 0.4) is 0 Å². The molecule has 0 unspecified atom stereocenters. The predicted octanol–water partition coefficient (Wildman–Crippen LogP) is 3.38. The average molecular weight is 297 g/mol. The van der Waals surface area contributed by atoms with E-state index in [1.807, 2.05) is 6.92 Å². The standard InChI is InChI=1S/C17H15NO2S/c1-12-6-8-13(9-7-12)21-11-10-18-16(19)14-4-2-3-5-15(14)17(18)20/h2-9H,10-11H2,1H3. The Balaban J connectivity index is 1.63. The highest BCUT2D eigenvalue weighted by Crippen LogP contribution is 2.24. The summed E-state index contributed by atoms with van der Waals surface area (Å²) in [6, 6.07) is 15.2. The zero-order valence-electron chi connectivity index (χ0n) is 11.7. The Morgan fingerprint density at radius 2 is 1.48 bits per heavy atom. The number of amides is 2. The summed E-state index contributed by atoms with van der Waals surface area (Å²) in [5, 5.41) is 0. The molecule has 2 aromatic rings. The number of fused-ring (bicyclic) bond motifs is 1. The molecule has 0 atom stereocenters. The highest BCUT2D eigenvalue weighted by Gasteiger charge is 2.34. The maximum atomic E-state index is 12.2. The normalized spacial score (nSPS) is 13.7. The Bertz CT molecular complexity index is 659. The van der Waals surface area contributed by atoms with E-state index >= 15 is 0 Å². The molecule has 3 nitrogen and oxygen atoms in total. The topological polar surface area (TPSA) is 37.4 Å². The lowest BCUT2D eigenvalue weighted by Gasteiger charge is -2.13. The summed E-state index contributed by atoms with van der Waals surface area (Å²) in [4.78, 5) is 26.9. The smallest absolute Gasteiger partial charge is 0.261 e. The van der Waals surface area contributed by atoms with E-state index in [4.69, 9.17) is 0 Å². The quantitative estimate of drug-likeness (QED) is 0.641. The minimum Gasteiger partial charge on any atom is -0.273 e. The van der Waals surface area contributed by atoms with Crippen molar-refractivity contribution in [1.29, 1.82) is 0 Å².